The lowest BCUT2D eigenvalue weighted by molar-refractivity contribution is 0.0478. The lowest BCUT2D eigenvalue weighted by atomic mass is 10.1. The van der Waals surface area contributed by atoms with Crippen molar-refractivity contribution in [2.75, 3.05) is 6.61 Å². The molecule has 1 saturated carbocycles. The van der Waals surface area contributed by atoms with Crippen LogP contribution in [0.1, 0.15) is 12.8 Å². The summed E-state index contributed by atoms with van der Waals surface area (Å²) >= 11 is 0. The van der Waals surface area contributed by atoms with Crippen molar-refractivity contribution in [1.29, 1.82) is 0 Å². The first-order chi connectivity index (χ1) is 5.42. The molecule has 0 aromatic carbocycles. The Morgan fingerprint density at radius 3 is 2.45 bits per heavy atom. The maximum Gasteiger partial charge on any atom is 0.0704 e. The summed E-state index contributed by atoms with van der Waals surface area (Å²) < 4.78 is 5.66. The molecule has 2 unspecified atom stereocenters. The van der Waals surface area contributed by atoms with Gasteiger partial charge in [0, 0.05) is 11.8 Å². The van der Waals surface area contributed by atoms with Gasteiger partial charge in [-0.15, -0.1) is 6.58 Å². The molecule has 1 nitrogen and oxygen atoms in total. The van der Waals surface area contributed by atoms with E-state index >= 15 is 0 Å². The first-order valence-corrected chi connectivity index (χ1v) is 4.32. The molecule has 0 aromatic heterocycles. The third-order valence-corrected chi connectivity index (χ3v) is 2.69. The average Bonchev–Trinajstić information content (AvgIpc) is 2.59. The summed E-state index contributed by atoms with van der Waals surface area (Å²) in [5.41, 5.74) is 0. The van der Waals surface area contributed by atoms with Crippen LogP contribution < -0.4 is 0 Å². The minimum Gasteiger partial charge on any atom is -0.373 e. The minimum atomic E-state index is 0.480. The van der Waals surface area contributed by atoms with Gasteiger partial charge < -0.3 is 4.74 Å². The van der Waals surface area contributed by atoms with Crippen LogP contribution in [0.5, 0.6) is 0 Å². The molecule has 2 rings (SSSR count). The zero-order valence-electron chi connectivity index (χ0n) is 6.70. The quantitative estimate of drug-likeness (QED) is 0.560. The highest BCUT2D eigenvalue weighted by molar-refractivity contribution is 5.12. The summed E-state index contributed by atoms with van der Waals surface area (Å²) in [5, 5.41) is 0. The van der Waals surface area contributed by atoms with Gasteiger partial charge in [0.25, 0.3) is 0 Å². The van der Waals surface area contributed by atoms with E-state index < -0.39 is 0 Å². The van der Waals surface area contributed by atoms with Crippen molar-refractivity contribution in [1.82, 2.24) is 0 Å². The molecule has 2 bridgehead atoms. The Kier molecular flexibility index (Phi) is 1.82. The monoisotopic (exact) mass is 150 g/mol. The summed E-state index contributed by atoms with van der Waals surface area (Å²) in [6.45, 7) is 4.35. The van der Waals surface area contributed by atoms with Crippen LogP contribution in [0, 0.1) is 11.8 Å². The Labute approximate surface area is 67.7 Å². The van der Waals surface area contributed by atoms with Gasteiger partial charge in [-0.25, -0.2) is 0 Å². The number of hydrogen-bond donors (Lipinski definition) is 0. The van der Waals surface area contributed by atoms with E-state index in [4.69, 9.17) is 4.74 Å². The number of fused-ring (bicyclic) bond motifs is 2. The molecule has 2 atom stereocenters. The van der Waals surface area contributed by atoms with Gasteiger partial charge in [0.2, 0.25) is 0 Å². The second-order valence-corrected chi connectivity index (χ2v) is 3.38. The molecule has 0 heterocycles. The van der Waals surface area contributed by atoms with E-state index in [1.165, 1.54) is 12.8 Å². The fourth-order valence-electron chi connectivity index (χ4n) is 2.15. The van der Waals surface area contributed by atoms with Crippen LogP contribution in [0.2, 0.25) is 0 Å². The lowest BCUT2D eigenvalue weighted by Gasteiger charge is -2.14. The molecule has 2 aliphatic carbocycles. The van der Waals surface area contributed by atoms with Gasteiger partial charge >= 0.3 is 0 Å². The first-order valence-electron chi connectivity index (χ1n) is 4.32. The van der Waals surface area contributed by atoms with E-state index in [1.807, 2.05) is 6.08 Å². The van der Waals surface area contributed by atoms with Crippen LogP contribution in [0.4, 0.5) is 0 Å². The topological polar surface area (TPSA) is 9.23 Å². The van der Waals surface area contributed by atoms with E-state index in [-0.39, 0.29) is 0 Å². The molecule has 0 aliphatic heterocycles. The molecule has 1 fully saturated rings. The molecule has 0 N–H and O–H groups in total. The highest BCUT2D eigenvalue weighted by atomic mass is 16.5. The molecule has 60 valence electrons. The molecule has 11 heavy (non-hydrogen) atoms. The van der Waals surface area contributed by atoms with E-state index in [9.17, 15) is 0 Å². The molecule has 2 aliphatic rings. The summed E-state index contributed by atoms with van der Waals surface area (Å²) in [7, 11) is 0. The summed E-state index contributed by atoms with van der Waals surface area (Å²) in [4.78, 5) is 0. The van der Waals surface area contributed by atoms with Crippen LogP contribution in [0.15, 0.2) is 24.8 Å². The zero-order valence-corrected chi connectivity index (χ0v) is 6.70. The van der Waals surface area contributed by atoms with Crippen molar-refractivity contribution in [2.45, 2.75) is 18.9 Å². The largest absolute Gasteiger partial charge is 0.373 e. The van der Waals surface area contributed by atoms with E-state index in [0.29, 0.717) is 24.5 Å². The standard InChI is InChI=1S/C10H14O/c1-2-7-11-10-8-3-4-9(10)6-5-8/h2-4,8-10H,1,5-7H2. The lowest BCUT2D eigenvalue weighted by Crippen LogP contribution is -2.18. The van der Waals surface area contributed by atoms with Crippen molar-refractivity contribution < 1.29 is 4.74 Å². The van der Waals surface area contributed by atoms with Crippen LogP contribution >= 0.6 is 0 Å². The Morgan fingerprint density at radius 2 is 2.00 bits per heavy atom. The highest BCUT2D eigenvalue weighted by Gasteiger charge is 2.37. The predicted molar refractivity (Wildman–Crippen MR) is 45.3 cm³/mol. The minimum absolute atomic E-state index is 0.480. The van der Waals surface area contributed by atoms with Gasteiger partial charge in [-0.2, -0.15) is 0 Å². The van der Waals surface area contributed by atoms with E-state index in [0.717, 1.165) is 0 Å². The van der Waals surface area contributed by atoms with Crippen LogP contribution in [-0.4, -0.2) is 12.7 Å². The fraction of sp³-hybridized carbons (Fsp3) is 0.600. The van der Waals surface area contributed by atoms with Crippen molar-refractivity contribution in [3.63, 3.8) is 0 Å². The molecule has 0 aromatic rings. The second-order valence-electron chi connectivity index (χ2n) is 3.38. The molecular formula is C10H14O. The van der Waals surface area contributed by atoms with Crippen molar-refractivity contribution in [2.24, 2.45) is 11.8 Å². The molecule has 0 spiro atoms. The summed E-state index contributed by atoms with van der Waals surface area (Å²) in [6, 6.07) is 0. The third-order valence-electron chi connectivity index (χ3n) is 2.69. The van der Waals surface area contributed by atoms with Gasteiger partial charge in [-0.05, 0) is 12.8 Å². The van der Waals surface area contributed by atoms with Crippen LogP contribution in [-0.2, 0) is 4.74 Å². The smallest absolute Gasteiger partial charge is 0.0704 e. The zero-order chi connectivity index (χ0) is 7.68. The number of hydrogen-bond acceptors (Lipinski definition) is 1. The average molecular weight is 150 g/mol. The summed E-state index contributed by atoms with van der Waals surface area (Å²) in [5.74, 6) is 1.42. The summed E-state index contributed by atoms with van der Waals surface area (Å²) in [6.07, 6.45) is 9.57. The normalized spacial score (nSPS) is 39.8. The van der Waals surface area contributed by atoms with Crippen molar-refractivity contribution in [3.05, 3.63) is 24.8 Å². The number of ether oxygens (including phenoxy) is 1. The number of rotatable bonds is 3. The molecule has 0 amide bonds. The Hall–Kier alpha value is -0.560. The van der Waals surface area contributed by atoms with Crippen LogP contribution in [0.25, 0.3) is 0 Å². The van der Waals surface area contributed by atoms with Gasteiger partial charge in [0.05, 0.1) is 12.7 Å². The van der Waals surface area contributed by atoms with E-state index in [1.54, 1.807) is 0 Å². The Morgan fingerprint density at radius 1 is 1.36 bits per heavy atom. The molecule has 0 radical (unpaired) electrons. The third kappa shape index (κ3) is 1.14. The van der Waals surface area contributed by atoms with Crippen LogP contribution in [0.3, 0.4) is 0 Å². The van der Waals surface area contributed by atoms with Gasteiger partial charge in [-0.1, -0.05) is 18.2 Å². The van der Waals surface area contributed by atoms with Crippen molar-refractivity contribution >= 4 is 0 Å². The second kappa shape index (κ2) is 2.82. The molecular weight excluding hydrogens is 136 g/mol. The Bertz CT molecular complexity index is 169. The first kappa shape index (κ1) is 7.11. The molecule has 0 saturated heterocycles. The van der Waals surface area contributed by atoms with Gasteiger partial charge in [-0.3, -0.25) is 0 Å². The predicted octanol–water partition coefficient (Wildman–Crippen LogP) is 2.15. The highest BCUT2D eigenvalue weighted by Crippen LogP contribution is 2.40. The Balaban J connectivity index is 1.92. The van der Waals surface area contributed by atoms with Gasteiger partial charge in [0.1, 0.15) is 0 Å². The fourth-order valence-corrected chi connectivity index (χ4v) is 2.15. The van der Waals surface area contributed by atoms with Crippen molar-refractivity contribution in [3.8, 4) is 0 Å². The van der Waals surface area contributed by atoms with Gasteiger partial charge in [0.15, 0.2) is 0 Å². The molecule has 1 heteroatoms. The maximum absolute atomic E-state index is 5.66. The van der Waals surface area contributed by atoms with E-state index in [2.05, 4.69) is 18.7 Å². The maximum atomic E-state index is 5.66. The SMILES string of the molecule is C=CCOC1C2C=CC1CC2.